The molecule has 2 atom stereocenters. The van der Waals surface area contributed by atoms with Gasteiger partial charge in [0.2, 0.25) is 0 Å². The number of hydrogen-bond acceptors (Lipinski definition) is 3. The number of nitrogens with zero attached hydrogens (tertiary/aromatic N) is 1. The van der Waals surface area contributed by atoms with Gasteiger partial charge in [-0.3, -0.25) is 0 Å². The van der Waals surface area contributed by atoms with Gasteiger partial charge in [-0.05, 0) is 50.3 Å². The number of piperidine rings is 1. The maximum Gasteiger partial charge on any atom is 0.142 e. The first-order valence-corrected chi connectivity index (χ1v) is 6.87. The smallest absolute Gasteiger partial charge is 0.142 e. The van der Waals surface area contributed by atoms with Gasteiger partial charge in [0.25, 0.3) is 0 Å². The molecule has 98 valence electrons. The minimum Gasteiger partial charge on any atom is -0.495 e. The van der Waals surface area contributed by atoms with Crippen LogP contribution in [0, 0.1) is 6.92 Å². The van der Waals surface area contributed by atoms with Crippen molar-refractivity contribution in [2.24, 2.45) is 5.73 Å². The number of rotatable bonds is 2. The van der Waals surface area contributed by atoms with Crippen LogP contribution < -0.4 is 15.4 Å². The summed E-state index contributed by atoms with van der Waals surface area (Å²) in [6.45, 7) is 2.14. The van der Waals surface area contributed by atoms with Crippen LogP contribution in [0.25, 0.3) is 0 Å². The largest absolute Gasteiger partial charge is 0.495 e. The van der Waals surface area contributed by atoms with E-state index in [1.54, 1.807) is 7.11 Å². The van der Waals surface area contributed by atoms with Crippen LogP contribution in [0.15, 0.2) is 18.2 Å². The van der Waals surface area contributed by atoms with E-state index in [9.17, 15) is 0 Å². The number of benzene rings is 1. The molecule has 3 rings (SSSR count). The zero-order valence-corrected chi connectivity index (χ0v) is 11.2. The Morgan fingerprint density at radius 2 is 1.89 bits per heavy atom. The molecule has 18 heavy (non-hydrogen) atoms. The predicted octanol–water partition coefficient (Wildman–Crippen LogP) is 2.46. The standard InChI is InChI=1S/C15H22N2O/c1-10-3-6-15(18-2)14(7-10)17-12-4-5-13(17)9-11(16)8-12/h3,6-7,11-13H,4-5,8-9,16H2,1-2H3. The predicted molar refractivity (Wildman–Crippen MR) is 74.2 cm³/mol. The summed E-state index contributed by atoms with van der Waals surface area (Å²) in [6, 6.07) is 8.04. The third kappa shape index (κ3) is 1.87. The lowest BCUT2D eigenvalue weighted by atomic mass is 9.97. The molecule has 0 radical (unpaired) electrons. The van der Waals surface area contributed by atoms with Crippen LogP contribution in [-0.4, -0.2) is 25.2 Å². The summed E-state index contributed by atoms with van der Waals surface area (Å²) in [5.74, 6) is 0.993. The van der Waals surface area contributed by atoms with Crippen LogP contribution in [0.4, 0.5) is 5.69 Å². The van der Waals surface area contributed by atoms with Gasteiger partial charge in [0.1, 0.15) is 5.75 Å². The summed E-state index contributed by atoms with van der Waals surface area (Å²) in [6.07, 6.45) is 4.78. The van der Waals surface area contributed by atoms with Crippen molar-refractivity contribution in [2.45, 2.75) is 50.7 Å². The Morgan fingerprint density at radius 1 is 1.22 bits per heavy atom. The highest BCUT2D eigenvalue weighted by molar-refractivity contribution is 5.62. The average Bonchev–Trinajstić information content (AvgIpc) is 2.61. The summed E-state index contributed by atoms with van der Waals surface area (Å²) in [5.41, 5.74) is 8.69. The Hall–Kier alpha value is -1.22. The SMILES string of the molecule is COc1ccc(C)cc1N1C2CCC1CC(N)C2. The normalized spacial score (nSPS) is 30.6. The number of aryl methyl sites for hydroxylation is 1. The molecule has 0 saturated carbocycles. The minimum absolute atomic E-state index is 0.384. The van der Waals surface area contributed by atoms with E-state index in [1.807, 2.05) is 0 Å². The van der Waals surface area contributed by atoms with Gasteiger partial charge in [-0.2, -0.15) is 0 Å². The molecule has 2 saturated heterocycles. The molecule has 0 aliphatic carbocycles. The number of ether oxygens (including phenoxy) is 1. The van der Waals surface area contributed by atoms with Crippen LogP contribution in [0.2, 0.25) is 0 Å². The molecule has 0 aromatic heterocycles. The molecule has 1 aromatic rings. The van der Waals surface area contributed by atoms with Crippen molar-refractivity contribution >= 4 is 5.69 Å². The lowest BCUT2D eigenvalue weighted by Crippen LogP contribution is -2.47. The summed E-state index contributed by atoms with van der Waals surface area (Å²) < 4.78 is 5.53. The van der Waals surface area contributed by atoms with Crippen molar-refractivity contribution in [1.82, 2.24) is 0 Å². The van der Waals surface area contributed by atoms with E-state index in [0.717, 1.165) is 18.6 Å². The number of nitrogens with two attached hydrogens (primary N) is 1. The highest BCUT2D eigenvalue weighted by atomic mass is 16.5. The Balaban J connectivity index is 1.98. The van der Waals surface area contributed by atoms with Crippen LogP contribution in [0.5, 0.6) is 5.75 Å². The number of anilines is 1. The molecule has 3 nitrogen and oxygen atoms in total. The first kappa shape index (κ1) is 11.8. The Labute approximate surface area is 109 Å². The number of fused-ring (bicyclic) bond motifs is 2. The maximum absolute atomic E-state index is 6.14. The second-order valence-corrected chi connectivity index (χ2v) is 5.70. The molecule has 0 spiro atoms. The molecule has 2 aliphatic heterocycles. The molecule has 1 aromatic carbocycles. The average molecular weight is 246 g/mol. The monoisotopic (exact) mass is 246 g/mol. The lowest BCUT2D eigenvalue weighted by molar-refractivity contribution is 0.391. The zero-order valence-electron chi connectivity index (χ0n) is 11.2. The minimum atomic E-state index is 0.384. The topological polar surface area (TPSA) is 38.5 Å². The second kappa shape index (κ2) is 4.47. The Kier molecular flexibility index (Phi) is 2.94. The fourth-order valence-electron chi connectivity index (χ4n) is 3.61. The second-order valence-electron chi connectivity index (χ2n) is 5.70. The lowest BCUT2D eigenvalue weighted by Gasteiger charge is -2.40. The first-order chi connectivity index (χ1) is 8.69. The van der Waals surface area contributed by atoms with Crippen LogP contribution in [0.3, 0.4) is 0 Å². The fraction of sp³-hybridized carbons (Fsp3) is 0.600. The van der Waals surface area contributed by atoms with Gasteiger partial charge in [-0.15, -0.1) is 0 Å². The fourth-order valence-corrected chi connectivity index (χ4v) is 3.61. The van der Waals surface area contributed by atoms with Gasteiger partial charge < -0.3 is 15.4 Å². The van der Waals surface area contributed by atoms with Gasteiger partial charge in [0.05, 0.1) is 12.8 Å². The molecule has 2 unspecified atom stereocenters. The van der Waals surface area contributed by atoms with E-state index in [4.69, 9.17) is 10.5 Å². The molecule has 2 aliphatic rings. The van der Waals surface area contributed by atoms with Gasteiger partial charge >= 0.3 is 0 Å². The van der Waals surface area contributed by atoms with Crippen molar-refractivity contribution in [3.63, 3.8) is 0 Å². The van der Waals surface area contributed by atoms with E-state index >= 15 is 0 Å². The zero-order chi connectivity index (χ0) is 12.7. The summed E-state index contributed by atoms with van der Waals surface area (Å²) >= 11 is 0. The molecular formula is C15H22N2O. The van der Waals surface area contributed by atoms with Crippen molar-refractivity contribution in [3.05, 3.63) is 23.8 Å². The quantitative estimate of drug-likeness (QED) is 0.871. The van der Waals surface area contributed by atoms with Gasteiger partial charge in [-0.1, -0.05) is 6.07 Å². The first-order valence-electron chi connectivity index (χ1n) is 6.87. The van der Waals surface area contributed by atoms with E-state index in [1.165, 1.54) is 24.1 Å². The number of methoxy groups -OCH3 is 1. The van der Waals surface area contributed by atoms with Crippen molar-refractivity contribution < 1.29 is 4.74 Å². The Bertz CT molecular complexity index is 432. The molecule has 2 bridgehead atoms. The maximum atomic E-state index is 6.14. The van der Waals surface area contributed by atoms with Gasteiger partial charge in [0.15, 0.2) is 0 Å². The van der Waals surface area contributed by atoms with Gasteiger partial charge in [0, 0.05) is 18.1 Å². The Morgan fingerprint density at radius 3 is 2.50 bits per heavy atom. The summed E-state index contributed by atoms with van der Waals surface area (Å²) in [4.78, 5) is 2.56. The third-order valence-electron chi connectivity index (χ3n) is 4.38. The van der Waals surface area contributed by atoms with Gasteiger partial charge in [-0.25, -0.2) is 0 Å². The third-order valence-corrected chi connectivity index (χ3v) is 4.38. The van der Waals surface area contributed by atoms with Crippen LogP contribution in [0.1, 0.15) is 31.2 Å². The van der Waals surface area contributed by atoms with Crippen LogP contribution in [-0.2, 0) is 0 Å². The van der Waals surface area contributed by atoms with E-state index < -0.39 is 0 Å². The molecular weight excluding hydrogens is 224 g/mol. The molecule has 2 N–H and O–H groups in total. The highest BCUT2D eigenvalue weighted by Gasteiger charge is 2.40. The van der Waals surface area contributed by atoms with E-state index in [0.29, 0.717) is 18.1 Å². The highest BCUT2D eigenvalue weighted by Crippen LogP contribution is 2.42. The van der Waals surface area contributed by atoms with Crippen molar-refractivity contribution in [1.29, 1.82) is 0 Å². The molecule has 2 heterocycles. The summed E-state index contributed by atoms with van der Waals surface area (Å²) in [5, 5.41) is 0. The molecule has 2 fully saturated rings. The molecule has 0 amide bonds. The molecule has 3 heteroatoms. The van der Waals surface area contributed by atoms with E-state index in [2.05, 4.69) is 30.0 Å². The number of hydrogen-bond donors (Lipinski definition) is 1. The van der Waals surface area contributed by atoms with E-state index in [-0.39, 0.29) is 0 Å². The van der Waals surface area contributed by atoms with Crippen molar-refractivity contribution in [3.8, 4) is 5.75 Å². The van der Waals surface area contributed by atoms with Crippen LogP contribution >= 0.6 is 0 Å². The summed E-state index contributed by atoms with van der Waals surface area (Å²) in [7, 11) is 1.76. The van der Waals surface area contributed by atoms with Crippen molar-refractivity contribution in [2.75, 3.05) is 12.0 Å².